The summed E-state index contributed by atoms with van der Waals surface area (Å²) in [4.78, 5) is 10.7. The quantitative estimate of drug-likeness (QED) is 0.283. The highest BCUT2D eigenvalue weighted by atomic mass is 32.2. The molecule has 0 atom stereocenters. The molecular formula is C14H21NO3S. The van der Waals surface area contributed by atoms with Crippen molar-refractivity contribution in [1.82, 2.24) is 0 Å². The molecule has 0 aliphatic rings. The summed E-state index contributed by atoms with van der Waals surface area (Å²) < 4.78 is 5.51. The highest BCUT2D eigenvalue weighted by molar-refractivity contribution is 7.94. The number of nitro benzene ring substituents is 1. The Labute approximate surface area is 118 Å². The third-order valence-corrected chi connectivity index (χ3v) is 3.35. The van der Waals surface area contributed by atoms with E-state index in [1.165, 1.54) is 31.0 Å². The predicted octanol–water partition coefficient (Wildman–Crippen LogP) is 4.76. The Morgan fingerprint density at radius 2 is 2.05 bits per heavy atom. The second kappa shape index (κ2) is 8.80. The van der Waals surface area contributed by atoms with Crippen molar-refractivity contribution in [3.05, 3.63) is 33.9 Å². The van der Waals surface area contributed by atoms with E-state index in [4.69, 9.17) is 4.18 Å². The van der Waals surface area contributed by atoms with Gasteiger partial charge in [0.15, 0.2) is 0 Å². The van der Waals surface area contributed by atoms with Crippen LogP contribution in [0.1, 0.15) is 45.1 Å². The SMILES string of the molecule is CCCCCCc1cccc([N+](=O)[O-])c1OSCC. The molecule has 0 fully saturated rings. The lowest BCUT2D eigenvalue weighted by molar-refractivity contribution is -0.385. The lowest BCUT2D eigenvalue weighted by atomic mass is 10.0. The van der Waals surface area contributed by atoms with Gasteiger partial charge < -0.3 is 4.18 Å². The van der Waals surface area contributed by atoms with Crippen LogP contribution >= 0.6 is 12.0 Å². The van der Waals surface area contributed by atoms with Crippen molar-refractivity contribution < 1.29 is 9.11 Å². The summed E-state index contributed by atoms with van der Waals surface area (Å²) in [6, 6.07) is 5.16. The molecule has 0 radical (unpaired) electrons. The summed E-state index contributed by atoms with van der Waals surface area (Å²) >= 11 is 1.25. The first kappa shape index (κ1) is 15.8. The highest BCUT2D eigenvalue weighted by Gasteiger charge is 2.19. The number of aryl methyl sites for hydroxylation is 1. The molecule has 0 saturated heterocycles. The van der Waals surface area contributed by atoms with E-state index in [9.17, 15) is 10.1 Å². The number of nitro groups is 1. The van der Waals surface area contributed by atoms with Gasteiger partial charge in [-0.25, -0.2) is 0 Å². The minimum Gasteiger partial charge on any atom is -0.418 e. The van der Waals surface area contributed by atoms with Gasteiger partial charge in [-0.3, -0.25) is 10.1 Å². The first-order valence-electron chi connectivity index (χ1n) is 6.76. The van der Waals surface area contributed by atoms with Gasteiger partial charge in [0.25, 0.3) is 0 Å². The molecule has 0 heterocycles. The van der Waals surface area contributed by atoms with Crippen molar-refractivity contribution in [3.63, 3.8) is 0 Å². The number of hydrogen-bond acceptors (Lipinski definition) is 4. The predicted molar refractivity (Wildman–Crippen MR) is 79.7 cm³/mol. The number of rotatable bonds is 9. The van der Waals surface area contributed by atoms with Crippen LogP contribution in [0.15, 0.2) is 18.2 Å². The Bertz CT molecular complexity index is 410. The molecule has 1 aromatic rings. The zero-order valence-electron chi connectivity index (χ0n) is 11.6. The lowest BCUT2D eigenvalue weighted by Gasteiger charge is -2.09. The Kier molecular flexibility index (Phi) is 7.33. The molecule has 1 rings (SSSR count). The van der Waals surface area contributed by atoms with Gasteiger partial charge in [-0.1, -0.05) is 45.2 Å². The summed E-state index contributed by atoms with van der Waals surface area (Å²) in [6.45, 7) is 4.13. The van der Waals surface area contributed by atoms with Crippen LogP contribution in [0.25, 0.3) is 0 Å². The standard InChI is InChI=1S/C14H21NO3S/c1-3-5-6-7-9-12-10-8-11-13(15(16)17)14(12)18-19-4-2/h8,10-11H,3-7,9H2,1-2H3. The molecular weight excluding hydrogens is 262 g/mol. The normalized spacial score (nSPS) is 10.4. The summed E-state index contributed by atoms with van der Waals surface area (Å²) in [6.07, 6.45) is 5.42. The van der Waals surface area contributed by atoms with Crippen LogP contribution in [0, 0.1) is 10.1 Å². The molecule has 1 aromatic carbocycles. The van der Waals surface area contributed by atoms with E-state index in [-0.39, 0.29) is 10.6 Å². The molecule has 0 aliphatic heterocycles. The van der Waals surface area contributed by atoms with Gasteiger partial charge in [-0.15, -0.1) is 0 Å². The van der Waals surface area contributed by atoms with Gasteiger partial charge in [0.2, 0.25) is 5.75 Å². The van der Waals surface area contributed by atoms with Crippen molar-refractivity contribution in [2.45, 2.75) is 46.0 Å². The van der Waals surface area contributed by atoms with Crippen LogP contribution in [0.2, 0.25) is 0 Å². The summed E-state index contributed by atoms with van der Waals surface area (Å²) in [5.74, 6) is 1.19. The van der Waals surface area contributed by atoms with Gasteiger partial charge in [-0.2, -0.15) is 0 Å². The fourth-order valence-corrected chi connectivity index (χ4v) is 2.30. The molecule has 19 heavy (non-hydrogen) atoms. The van der Waals surface area contributed by atoms with Crippen LogP contribution in [-0.2, 0) is 6.42 Å². The van der Waals surface area contributed by atoms with Crippen molar-refractivity contribution in [3.8, 4) is 5.75 Å². The maximum Gasteiger partial charge on any atom is 0.312 e. The van der Waals surface area contributed by atoms with Gasteiger partial charge in [0.1, 0.15) is 0 Å². The Hall–Kier alpha value is -1.23. The fraction of sp³-hybridized carbons (Fsp3) is 0.571. The molecule has 0 saturated carbocycles. The second-order valence-corrected chi connectivity index (χ2v) is 5.30. The smallest absolute Gasteiger partial charge is 0.312 e. The first-order chi connectivity index (χ1) is 9.20. The van der Waals surface area contributed by atoms with Crippen LogP contribution in [0.4, 0.5) is 5.69 Å². The largest absolute Gasteiger partial charge is 0.418 e. The average Bonchev–Trinajstić information content (AvgIpc) is 2.41. The summed E-state index contributed by atoms with van der Waals surface area (Å²) in [5.41, 5.74) is 1.00. The summed E-state index contributed by atoms with van der Waals surface area (Å²) in [5, 5.41) is 11.0. The van der Waals surface area contributed by atoms with Crippen LogP contribution in [0.3, 0.4) is 0 Å². The molecule has 0 amide bonds. The molecule has 106 valence electrons. The molecule has 4 nitrogen and oxygen atoms in total. The Morgan fingerprint density at radius 1 is 1.26 bits per heavy atom. The number of para-hydroxylation sites is 1. The third kappa shape index (κ3) is 5.11. The van der Waals surface area contributed by atoms with Crippen molar-refractivity contribution >= 4 is 17.7 Å². The zero-order chi connectivity index (χ0) is 14.1. The van der Waals surface area contributed by atoms with E-state index in [1.807, 2.05) is 13.0 Å². The van der Waals surface area contributed by atoms with Gasteiger partial charge >= 0.3 is 5.69 Å². The van der Waals surface area contributed by atoms with E-state index < -0.39 is 0 Å². The average molecular weight is 283 g/mol. The molecule has 0 N–H and O–H groups in total. The van der Waals surface area contributed by atoms with Crippen LogP contribution in [0.5, 0.6) is 5.75 Å². The van der Waals surface area contributed by atoms with Crippen LogP contribution in [-0.4, -0.2) is 10.7 Å². The monoisotopic (exact) mass is 283 g/mol. The molecule has 0 bridgehead atoms. The topological polar surface area (TPSA) is 52.4 Å². The third-order valence-electron chi connectivity index (χ3n) is 2.83. The van der Waals surface area contributed by atoms with Gasteiger partial charge in [0.05, 0.1) is 17.0 Å². The molecule has 0 unspecified atom stereocenters. The van der Waals surface area contributed by atoms with E-state index in [0.717, 1.165) is 30.6 Å². The zero-order valence-corrected chi connectivity index (χ0v) is 12.4. The number of benzene rings is 1. The van der Waals surface area contributed by atoms with E-state index in [1.54, 1.807) is 6.07 Å². The number of nitrogens with zero attached hydrogens (tertiary/aromatic N) is 1. The van der Waals surface area contributed by atoms with Gasteiger partial charge in [0, 0.05) is 17.4 Å². The fourth-order valence-electron chi connectivity index (χ4n) is 1.87. The van der Waals surface area contributed by atoms with Crippen LogP contribution < -0.4 is 4.18 Å². The number of hydrogen-bond donors (Lipinski definition) is 0. The van der Waals surface area contributed by atoms with Crippen molar-refractivity contribution in [1.29, 1.82) is 0 Å². The Balaban J connectivity index is 2.82. The second-order valence-electron chi connectivity index (χ2n) is 4.32. The maximum absolute atomic E-state index is 11.0. The molecule has 0 aromatic heterocycles. The Morgan fingerprint density at radius 3 is 2.68 bits per heavy atom. The van der Waals surface area contributed by atoms with Crippen molar-refractivity contribution in [2.24, 2.45) is 0 Å². The van der Waals surface area contributed by atoms with E-state index in [0.29, 0.717) is 5.75 Å². The van der Waals surface area contributed by atoms with E-state index >= 15 is 0 Å². The maximum atomic E-state index is 11.0. The van der Waals surface area contributed by atoms with Crippen molar-refractivity contribution in [2.75, 3.05) is 5.75 Å². The molecule has 5 heteroatoms. The first-order valence-corrected chi connectivity index (χ1v) is 7.67. The summed E-state index contributed by atoms with van der Waals surface area (Å²) in [7, 11) is 0. The molecule has 0 aliphatic carbocycles. The lowest BCUT2D eigenvalue weighted by Crippen LogP contribution is -1.98. The minimum absolute atomic E-state index is 0.0638. The minimum atomic E-state index is -0.374. The number of unbranched alkanes of at least 4 members (excludes halogenated alkanes) is 3. The molecule has 0 spiro atoms. The van der Waals surface area contributed by atoms with Gasteiger partial charge in [-0.05, 0) is 12.8 Å². The highest BCUT2D eigenvalue weighted by Crippen LogP contribution is 2.34. The van der Waals surface area contributed by atoms with E-state index in [2.05, 4.69) is 6.92 Å².